The minimum absolute atomic E-state index is 0.0570. The summed E-state index contributed by atoms with van der Waals surface area (Å²) < 4.78 is 5.71. The lowest BCUT2D eigenvalue weighted by Gasteiger charge is -2.61. The van der Waals surface area contributed by atoms with Crippen LogP contribution >= 0.6 is 11.3 Å². The van der Waals surface area contributed by atoms with Crippen LogP contribution in [-0.2, 0) is 32.6 Å². The number of thiophene rings is 1. The molecular formula is C29H32N2O3S. The van der Waals surface area contributed by atoms with Gasteiger partial charge in [0.05, 0.1) is 11.0 Å². The molecule has 1 aromatic carbocycles. The predicted molar refractivity (Wildman–Crippen MR) is 135 cm³/mol. The quantitative estimate of drug-likeness (QED) is 0.542. The Labute approximate surface area is 210 Å². The smallest absolute Gasteiger partial charge is 0.312 e. The van der Waals surface area contributed by atoms with Gasteiger partial charge in [0, 0.05) is 4.88 Å². The molecule has 6 heteroatoms. The van der Waals surface area contributed by atoms with Crippen molar-refractivity contribution in [2.45, 2.75) is 70.1 Å². The number of amides is 1. The van der Waals surface area contributed by atoms with Gasteiger partial charge in [-0.1, -0.05) is 37.3 Å². The summed E-state index contributed by atoms with van der Waals surface area (Å²) >= 11 is 1.50. The van der Waals surface area contributed by atoms with Crippen LogP contribution in [0.5, 0.6) is 0 Å². The fourth-order valence-electron chi connectivity index (χ4n) is 8.03. The average Bonchev–Trinajstić information content (AvgIpc) is 3.18. The van der Waals surface area contributed by atoms with Crippen molar-refractivity contribution in [2.24, 2.45) is 23.2 Å². The third-order valence-electron chi connectivity index (χ3n) is 9.09. The second-order valence-electron chi connectivity index (χ2n) is 11.7. The molecule has 0 unspecified atom stereocenters. The number of nitrogens with zero attached hydrogens (tertiary/aromatic N) is 1. The third-order valence-corrected chi connectivity index (χ3v) is 10.3. The molecule has 1 heterocycles. The van der Waals surface area contributed by atoms with E-state index >= 15 is 0 Å². The maximum Gasteiger partial charge on any atom is 0.312 e. The van der Waals surface area contributed by atoms with Gasteiger partial charge in [0.25, 0.3) is 5.91 Å². The lowest BCUT2D eigenvalue weighted by atomic mass is 9.43. The van der Waals surface area contributed by atoms with E-state index in [4.69, 9.17) is 4.74 Å². The molecule has 4 bridgehead atoms. The summed E-state index contributed by atoms with van der Waals surface area (Å²) in [5.74, 6) is 1.13. The third kappa shape index (κ3) is 3.89. The van der Waals surface area contributed by atoms with Crippen LogP contribution in [0, 0.1) is 34.5 Å². The van der Waals surface area contributed by atoms with Gasteiger partial charge in [-0.25, -0.2) is 0 Å². The van der Waals surface area contributed by atoms with E-state index in [1.807, 2.05) is 0 Å². The molecule has 4 saturated carbocycles. The van der Waals surface area contributed by atoms with Gasteiger partial charge in [0.15, 0.2) is 6.61 Å². The number of rotatable bonds is 5. The molecule has 7 rings (SSSR count). The highest BCUT2D eigenvalue weighted by Gasteiger charge is 2.61. The number of ether oxygens (including phenoxy) is 1. The van der Waals surface area contributed by atoms with Gasteiger partial charge < -0.3 is 10.1 Å². The molecule has 1 N–H and O–H groups in total. The highest BCUT2D eigenvalue weighted by molar-refractivity contribution is 7.16. The van der Waals surface area contributed by atoms with E-state index < -0.39 is 5.41 Å². The summed E-state index contributed by atoms with van der Waals surface area (Å²) in [6.07, 6.45) is 9.01. The van der Waals surface area contributed by atoms with Gasteiger partial charge in [0.1, 0.15) is 11.1 Å². The Balaban J connectivity index is 1.15. The molecule has 3 atom stereocenters. The van der Waals surface area contributed by atoms with Gasteiger partial charge in [-0.05, 0) is 92.1 Å². The number of nitriles is 1. The zero-order chi connectivity index (χ0) is 24.2. The van der Waals surface area contributed by atoms with Crippen LogP contribution in [0.4, 0.5) is 5.00 Å². The zero-order valence-electron chi connectivity index (χ0n) is 20.3. The molecule has 5 nitrogen and oxygen atoms in total. The Bertz CT molecular complexity index is 1200. The highest BCUT2D eigenvalue weighted by Crippen LogP contribution is 2.66. The van der Waals surface area contributed by atoms with Crippen LogP contribution in [0.1, 0.15) is 73.4 Å². The Morgan fingerprint density at radius 3 is 2.63 bits per heavy atom. The number of anilines is 1. The molecule has 0 aliphatic heterocycles. The van der Waals surface area contributed by atoms with E-state index in [1.165, 1.54) is 28.2 Å². The summed E-state index contributed by atoms with van der Waals surface area (Å²) in [7, 11) is 0. The molecule has 5 aliphatic carbocycles. The number of carbonyl (C=O) groups is 2. The number of esters is 1. The van der Waals surface area contributed by atoms with Crippen molar-refractivity contribution >= 4 is 28.2 Å². The van der Waals surface area contributed by atoms with Gasteiger partial charge in [0.2, 0.25) is 0 Å². The lowest BCUT2D eigenvalue weighted by Crippen LogP contribution is -2.57. The normalized spacial score (nSPS) is 32.5. The molecule has 35 heavy (non-hydrogen) atoms. The number of carbonyl (C=O) groups excluding carboxylic acids is 2. The molecule has 0 radical (unpaired) electrons. The number of benzene rings is 1. The first-order chi connectivity index (χ1) is 16.9. The largest absolute Gasteiger partial charge is 0.455 e. The molecule has 5 aliphatic rings. The Morgan fingerprint density at radius 1 is 1.17 bits per heavy atom. The van der Waals surface area contributed by atoms with Gasteiger partial charge in [-0.3, -0.25) is 9.59 Å². The number of hydrogen-bond acceptors (Lipinski definition) is 5. The summed E-state index contributed by atoms with van der Waals surface area (Å²) in [6.45, 7) is 1.93. The monoisotopic (exact) mass is 488 g/mol. The first-order valence-corrected chi connectivity index (χ1v) is 13.8. The van der Waals surface area contributed by atoms with Crippen LogP contribution in [0.2, 0.25) is 0 Å². The molecular weight excluding hydrogens is 456 g/mol. The van der Waals surface area contributed by atoms with Gasteiger partial charge in [-0.15, -0.1) is 11.3 Å². The molecule has 0 spiro atoms. The predicted octanol–water partition coefficient (Wildman–Crippen LogP) is 5.76. The fourth-order valence-corrected chi connectivity index (χ4v) is 9.41. The maximum absolute atomic E-state index is 13.5. The van der Waals surface area contributed by atoms with Crippen molar-refractivity contribution in [1.82, 2.24) is 0 Å². The van der Waals surface area contributed by atoms with Crippen molar-refractivity contribution in [3.05, 3.63) is 51.9 Å². The average molecular weight is 489 g/mol. The van der Waals surface area contributed by atoms with Crippen LogP contribution < -0.4 is 5.32 Å². The standard InChI is InChI=1S/C29H32N2O3S/c1-18-7-8-22-23(15-30)26(35-24(22)9-18)31-25(32)16-34-27(33)29-13-19-10-20(14-29)12-28(11-19,17-29)21-5-3-2-4-6-21/h2-6,18-20H,7-14,16-17H2,1H3,(H,31,32)/t18-,19-,20-,28?,29?/m1/s1. The van der Waals surface area contributed by atoms with Crippen molar-refractivity contribution < 1.29 is 14.3 Å². The van der Waals surface area contributed by atoms with E-state index in [1.54, 1.807) is 0 Å². The summed E-state index contributed by atoms with van der Waals surface area (Å²) in [5.41, 5.74) is 2.60. The van der Waals surface area contributed by atoms with E-state index in [0.717, 1.165) is 56.9 Å². The minimum Gasteiger partial charge on any atom is -0.455 e. The molecule has 1 aromatic heterocycles. The van der Waals surface area contributed by atoms with E-state index in [0.29, 0.717) is 28.3 Å². The maximum atomic E-state index is 13.5. The number of nitrogens with one attached hydrogen (secondary N) is 1. The molecule has 182 valence electrons. The first-order valence-electron chi connectivity index (χ1n) is 13.0. The second kappa shape index (κ2) is 8.48. The number of fused-ring (bicyclic) bond motifs is 1. The highest BCUT2D eigenvalue weighted by atomic mass is 32.1. The SMILES string of the molecule is C[C@@H]1CCc2c(sc(NC(=O)COC(=O)C34C[C@@H]5C[C@@H](C3)CC(c3ccccc3)(C5)C4)c2C#N)C1. The van der Waals surface area contributed by atoms with Crippen LogP contribution in [0.3, 0.4) is 0 Å². The van der Waals surface area contributed by atoms with Crippen molar-refractivity contribution in [3.8, 4) is 6.07 Å². The molecule has 2 aromatic rings. The van der Waals surface area contributed by atoms with Crippen molar-refractivity contribution in [3.63, 3.8) is 0 Å². The van der Waals surface area contributed by atoms with E-state index in [-0.39, 0.29) is 23.9 Å². The Morgan fingerprint density at radius 2 is 1.91 bits per heavy atom. The summed E-state index contributed by atoms with van der Waals surface area (Å²) in [5, 5.41) is 13.2. The number of hydrogen-bond donors (Lipinski definition) is 1. The molecule has 1 amide bonds. The van der Waals surface area contributed by atoms with Crippen LogP contribution in [-0.4, -0.2) is 18.5 Å². The lowest BCUT2D eigenvalue weighted by molar-refractivity contribution is -0.175. The summed E-state index contributed by atoms with van der Waals surface area (Å²) in [4.78, 5) is 27.5. The Kier molecular flexibility index (Phi) is 5.52. The van der Waals surface area contributed by atoms with E-state index in [9.17, 15) is 14.9 Å². The molecule has 4 fully saturated rings. The van der Waals surface area contributed by atoms with Gasteiger partial charge in [-0.2, -0.15) is 5.26 Å². The Hall–Kier alpha value is -2.65. The van der Waals surface area contributed by atoms with Gasteiger partial charge >= 0.3 is 5.97 Å². The first kappa shape index (κ1) is 22.8. The topological polar surface area (TPSA) is 79.2 Å². The molecule has 0 saturated heterocycles. The van der Waals surface area contributed by atoms with E-state index in [2.05, 4.69) is 48.6 Å². The van der Waals surface area contributed by atoms with Crippen LogP contribution in [0.25, 0.3) is 0 Å². The zero-order valence-corrected chi connectivity index (χ0v) is 21.1. The minimum atomic E-state index is -0.476. The fraction of sp³-hybridized carbons (Fsp3) is 0.552. The van der Waals surface area contributed by atoms with Crippen LogP contribution in [0.15, 0.2) is 30.3 Å². The summed E-state index contributed by atoms with van der Waals surface area (Å²) in [6, 6.07) is 13.0. The second-order valence-corrected chi connectivity index (χ2v) is 12.8. The van der Waals surface area contributed by atoms with Crippen molar-refractivity contribution in [1.29, 1.82) is 5.26 Å². The van der Waals surface area contributed by atoms with Crippen molar-refractivity contribution in [2.75, 3.05) is 11.9 Å².